The number of para-hydroxylation sites is 2. The third-order valence-corrected chi connectivity index (χ3v) is 6.59. The van der Waals surface area contributed by atoms with Crippen LogP contribution in [-0.4, -0.2) is 52.6 Å². The van der Waals surface area contributed by atoms with Crippen LogP contribution in [0.15, 0.2) is 54.9 Å². The molecule has 3 aromatic rings. The highest BCUT2D eigenvalue weighted by atomic mass is 16.5. The molecule has 0 radical (unpaired) electrons. The molecular weight excluding hydrogens is 428 g/mol. The number of benzene rings is 2. The second-order valence-corrected chi connectivity index (χ2v) is 9.10. The summed E-state index contributed by atoms with van der Waals surface area (Å²) in [6, 6.07) is 15.0. The van der Waals surface area contributed by atoms with E-state index in [0.717, 1.165) is 47.8 Å². The number of carbonyl (C=O) groups excluding carboxylic acids is 2. The smallest absolute Gasteiger partial charge is 0.247 e. The second kappa shape index (κ2) is 11.3. The summed E-state index contributed by atoms with van der Waals surface area (Å²) in [5.74, 6) is -0.278. The Morgan fingerprint density at radius 3 is 2.59 bits per heavy atom. The lowest BCUT2D eigenvalue weighted by Crippen LogP contribution is -2.48. The highest BCUT2D eigenvalue weighted by molar-refractivity contribution is 5.89. The summed E-state index contributed by atoms with van der Waals surface area (Å²) >= 11 is 0. The van der Waals surface area contributed by atoms with E-state index in [1.165, 1.54) is 6.42 Å². The molecule has 0 saturated heterocycles. The number of methoxy groups -OCH3 is 1. The first-order valence-electron chi connectivity index (χ1n) is 12.1. The van der Waals surface area contributed by atoms with E-state index in [1.807, 2.05) is 60.0 Å². The molecule has 1 saturated carbocycles. The Labute approximate surface area is 201 Å². The van der Waals surface area contributed by atoms with Crippen LogP contribution >= 0.6 is 0 Å². The van der Waals surface area contributed by atoms with E-state index in [1.54, 1.807) is 18.3 Å². The molecule has 180 valence electrons. The lowest BCUT2D eigenvalue weighted by Gasteiger charge is -2.33. The van der Waals surface area contributed by atoms with Gasteiger partial charge in [-0.05, 0) is 37.5 Å². The number of amides is 2. The van der Waals surface area contributed by atoms with E-state index < -0.39 is 6.04 Å². The lowest BCUT2D eigenvalue weighted by atomic mass is 9.94. The number of ether oxygens (including phenoxy) is 1. The van der Waals surface area contributed by atoms with Gasteiger partial charge in [0.05, 0.1) is 24.0 Å². The van der Waals surface area contributed by atoms with Crippen molar-refractivity contribution in [2.45, 2.75) is 57.7 Å². The molecule has 7 heteroatoms. The number of aryl methyl sites for hydroxylation is 1. The topological polar surface area (TPSA) is 76.5 Å². The number of nitrogens with one attached hydrogen (secondary N) is 1. The molecule has 1 aromatic heterocycles. The van der Waals surface area contributed by atoms with Crippen molar-refractivity contribution >= 4 is 22.8 Å². The Morgan fingerprint density at radius 2 is 1.85 bits per heavy atom. The fraction of sp³-hybridized carbons (Fsp3) is 0.444. The third-order valence-electron chi connectivity index (χ3n) is 6.59. The maximum atomic E-state index is 13.7. The number of aromatic nitrogens is 2. The summed E-state index contributed by atoms with van der Waals surface area (Å²) < 4.78 is 7.15. The van der Waals surface area contributed by atoms with Gasteiger partial charge in [0.1, 0.15) is 12.6 Å². The normalized spacial score (nSPS) is 15.2. The van der Waals surface area contributed by atoms with Crippen LogP contribution in [0.2, 0.25) is 0 Å². The van der Waals surface area contributed by atoms with E-state index in [4.69, 9.17) is 4.74 Å². The van der Waals surface area contributed by atoms with Crippen molar-refractivity contribution in [1.29, 1.82) is 0 Å². The minimum absolute atomic E-state index is 0.100. The van der Waals surface area contributed by atoms with Crippen molar-refractivity contribution in [3.63, 3.8) is 0 Å². The molecule has 34 heavy (non-hydrogen) atoms. The number of hydrogen-bond acceptors (Lipinski definition) is 4. The number of nitrogens with zero attached hydrogens (tertiary/aromatic N) is 3. The van der Waals surface area contributed by atoms with Crippen molar-refractivity contribution < 1.29 is 14.3 Å². The number of fused-ring (bicyclic) bond motifs is 1. The second-order valence-electron chi connectivity index (χ2n) is 9.10. The Bertz CT molecular complexity index is 1100. The van der Waals surface area contributed by atoms with E-state index >= 15 is 0 Å². The molecule has 1 fully saturated rings. The van der Waals surface area contributed by atoms with Gasteiger partial charge in [-0.2, -0.15) is 0 Å². The minimum atomic E-state index is -0.722. The zero-order valence-electron chi connectivity index (χ0n) is 20.1. The van der Waals surface area contributed by atoms with Crippen LogP contribution in [0.4, 0.5) is 0 Å². The molecule has 1 N–H and O–H groups in total. The highest BCUT2D eigenvalue weighted by Gasteiger charge is 2.33. The largest absolute Gasteiger partial charge is 0.383 e. The van der Waals surface area contributed by atoms with E-state index in [9.17, 15) is 9.59 Å². The van der Waals surface area contributed by atoms with Gasteiger partial charge < -0.3 is 19.5 Å². The average molecular weight is 463 g/mol. The quantitative estimate of drug-likeness (QED) is 0.521. The standard InChI is InChI=1S/C27H34N4O3/c1-20-12-14-21(15-13-20)26(27(33)29-22-8-4-3-5-9-22)31(16-17-34-2)25(32)18-30-19-28-23-10-6-7-11-24(23)30/h6-7,10-15,19,22,26H,3-5,8-9,16-18H2,1-2H3,(H,29,33)/t26-/m1/s1. The van der Waals surface area contributed by atoms with E-state index in [0.29, 0.717) is 13.2 Å². The Balaban J connectivity index is 1.63. The van der Waals surface area contributed by atoms with Crippen LogP contribution in [0.1, 0.15) is 49.3 Å². The predicted molar refractivity (Wildman–Crippen MR) is 132 cm³/mol. The van der Waals surface area contributed by atoms with Crippen molar-refractivity contribution in [2.24, 2.45) is 0 Å². The van der Waals surface area contributed by atoms with Gasteiger partial charge in [0.2, 0.25) is 11.8 Å². The minimum Gasteiger partial charge on any atom is -0.383 e. The summed E-state index contributed by atoms with van der Waals surface area (Å²) in [7, 11) is 1.61. The maximum absolute atomic E-state index is 13.7. The van der Waals surface area contributed by atoms with Crippen molar-refractivity contribution in [3.05, 3.63) is 66.0 Å². The predicted octanol–water partition coefficient (Wildman–Crippen LogP) is 4.01. The number of rotatable bonds is 9. The van der Waals surface area contributed by atoms with Crippen LogP contribution in [-0.2, 0) is 20.9 Å². The van der Waals surface area contributed by atoms with Gasteiger partial charge >= 0.3 is 0 Å². The molecule has 0 aliphatic heterocycles. The molecule has 1 aliphatic rings. The van der Waals surface area contributed by atoms with Gasteiger partial charge in [-0.1, -0.05) is 61.2 Å². The molecular formula is C27H34N4O3. The lowest BCUT2D eigenvalue weighted by molar-refractivity contribution is -0.142. The van der Waals surface area contributed by atoms with Gasteiger partial charge in [0.15, 0.2) is 0 Å². The highest BCUT2D eigenvalue weighted by Crippen LogP contribution is 2.25. The summed E-state index contributed by atoms with van der Waals surface area (Å²) in [6.45, 7) is 2.77. The van der Waals surface area contributed by atoms with Crippen LogP contribution in [0, 0.1) is 6.92 Å². The molecule has 7 nitrogen and oxygen atoms in total. The molecule has 1 atom stereocenters. The molecule has 1 heterocycles. The molecule has 0 unspecified atom stereocenters. The van der Waals surface area contributed by atoms with E-state index in [-0.39, 0.29) is 24.4 Å². The third kappa shape index (κ3) is 5.65. The Hall–Kier alpha value is -3.19. The number of imidazole rings is 1. The summed E-state index contributed by atoms with van der Waals surface area (Å²) in [5, 5.41) is 3.24. The first kappa shape index (κ1) is 24.0. The van der Waals surface area contributed by atoms with Crippen LogP contribution in [0.5, 0.6) is 0 Å². The molecule has 1 aliphatic carbocycles. The van der Waals surface area contributed by atoms with Crippen LogP contribution in [0.25, 0.3) is 11.0 Å². The van der Waals surface area contributed by atoms with Gasteiger partial charge in [-0.3, -0.25) is 9.59 Å². The molecule has 0 bridgehead atoms. The summed E-state index contributed by atoms with van der Waals surface area (Å²) in [4.78, 5) is 33.4. The molecule has 4 rings (SSSR count). The zero-order valence-corrected chi connectivity index (χ0v) is 20.1. The van der Waals surface area contributed by atoms with Crippen molar-refractivity contribution in [2.75, 3.05) is 20.3 Å². The fourth-order valence-electron chi connectivity index (χ4n) is 4.71. The van der Waals surface area contributed by atoms with Gasteiger partial charge in [-0.15, -0.1) is 0 Å². The SMILES string of the molecule is COCCN(C(=O)Cn1cnc2ccccc21)[C@@H](C(=O)NC1CCCCC1)c1ccc(C)cc1. The molecule has 2 aromatic carbocycles. The fourth-order valence-corrected chi connectivity index (χ4v) is 4.71. The average Bonchev–Trinajstić information content (AvgIpc) is 3.26. The zero-order chi connectivity index (χ0) is 23.9. The van der Waals surface area contributed by atoms with Crippen molar-refractivity contribution in [1.82, 2.24) is 19.8 Å². The Morgan fingerprint density at radius 1 is 1.12 bits per heavy atom. The molecule has 0 spiro atoms. The van der Waals surface area contributed by atoms with Gasteiger partial charge in [0, 0.05) is 19.7 Å². The van der Waals surface area contributed by atoms with Crippen LogP contribution in [0.3, 0.4) is 0 Å². The summed E-state index contributed by atoms with van der Waals surface area (Å²) in [6.07, 6.45) is 7.12. The van der Waals surface area contributed by atoms with Crippen molar-refractivity contribution in [3.8, 4) is 0 Å². The first-order valence-corrected chi connectivity index (χ1v) is 12.1. The number of carbonyl (C=O) groups is 2. The monoisotopic (exact) mass is 462 g/mol. The van der Waals surface area contributed by atoms with Crippen LogP contribution < -0.4 is 5.32 Å². The first-order chi connectivity index (χ1) is 16.6. The van der Waals surface area contributed by atoms with Gasteiger partial charge in [0.25, 0.3) is 0 Å². The Kier molecular flexibility index (Phi) is 7.95. The maximum Gasteiger partial charge on any atom is 0.247 e. The van der Waals surface area contributed by atoms with Gasteiger partial charge in [-0.25, -0.2) is 4.98 Å². The van der Waals surface area contributed by atoms with E-state index in [2.05, 4.69) is 10.3 Å². The molecule has 2 amide bonds. The summed E-state index contributed by atoms with van der Waals surface area (Å²) in [5.41, 5.74) is 3.64. The number of hydrogen-bond donors (Lipinski definition) is 1.